The first-order valence-electron chi connectivity index (χ1n) is 5.81. The maximum absolute atomic E-state index is 11.6. The molecule has 0 atom stereocenters. The number of hydrogen-bond acceptors (Lipinski definition) is 3. The van der Waals surface area contributed by atoms with Crippen molar-refractivity contribution in [2.24, 2.45) is 7.05 Å². The molecule has 1 heterocycles. The number of aryl methyl sites for hydroxylation is 1. The lowest BCUT2D eigenvalue weighted by Gasteiger charge is -2.07. The number of nitrogen functional groups attached to an aromatic ring is 1. The third kappa shape index (κ3) is 2.59. The van der Waals surface area contributed by atoms with Crippen LogP contribution in [0.5, 0.6) is 0 Å². The molecule has 4 heteroatoms. The molecule has 0 saturated heterocycles. The van der Waals surface area contributed by atoms with Gasteiger partial charge in [-0.3, -0.25) is 4.79 Å². The van der Waals surface area contributed by atoms with Gasteiger partial charge in [-0.1, -0.05) is 19.1 Å². The number of nitrogens with two attached hydrogens (primary N) is 1. The number of benzene rings is 1. The lowest BCUT2D eigenvalue weighted by molar-refractivity contribution is 0.866. The molecule has 0 spiro atoms. The third-order valence-corrected chi connectivity index (χ3v) is 3.57. The zero-order valence-electron chi connectivity index (χ0n) is 10.5. The summed E-state index contributed by atoms with van der Waals surface area (Å²) in [7, 11) is 1.72. The first-order valence-corrected chi connectivity index (χ1v) is 6.79. The molecule has 0 aliphatic rings. The van der Waals surface area contributed by atoms with Crippen LogP contribution in [0.2, 0.25) is 0 Å². The van der Waals surface area contributed by atoms with Gasteiger partial charge in [0.2, 0.25) is 0 Å². The first-order chi connectivity index (χ1) is 8.61. The van der Waals surface area contributed by atoms with E-state index in [1.807, 2.05) is 18.3 Å². The van der Waals surface area contributed by atoms with Gasteiger partial charge in [0.1, 0.15) is 0 Å². The number of anilines is 1. The summed E-state index contributed by atoms with van der Waals surface area (Å²) in [5.74, 6) is 1.04. The van der Waals surface area contributed by atoms with E-state index in [1.165, 1.54) is 9.46 Å². The van der Waals surface area contributed by atoms with Gasteiger partial charge in [0.15, 0.2) is 0 Å². The molecular formula is C14H16N2OS. The Morgan fingerprint density at radius 3 is 2.72 bits per heavy atom. The Balaban J connectivity index is 2.48. The quantitative estimate of drug-likeness (QED) is 0.863. The number of aromatic nitrogens is 1. The summed E-state index contributed by atoms with van der Waals surface area (Å²) in [6.07, 6.45) is 1.81. The van der Waals surface area contributed by atoms with Crippen molar-refractivity contribution in [1.29, 1.82) is 0 Å². The molecule has 2 rings (SSSR count). The summed E-state index contributed by atoms with van der Waals surface area (Å²) in [5, 5.41) is 0. The molecule has 1 aromatic heterocycles. The molecule has 0 aliphatic carbocycles. The van der Waals surface area contributed by atoms with E-state index in [4.69, 9.17) is 5.73 Å². The highest BCUT2D eigenvalue weighted by molar-refractivity contribution is 7.99. The van der Waals surface area contributed by atoms with E-state index in [9.17, 15) is 4.79 Å². The molecule has 0 saturated carbocycles. The smallest absolute Gasteiger partial charge is 0.273 e. The van der Waals surface area contributed by atoms with Crippen LogP contribution in [0.25, 0.3) is 11.1 Å². The zero-order valence-corrected chi connectivity index (χ0v) is 11.3. The molecular weight excluding hydrogens is 244 g/mol. The Bertz CT molecular complexity index is 593. The molecule has 0 bridgehead atoms. The number of nitrogens with zero attached hydrogens (tertiary/aromatic N) is 1. The van der Waals surface area contributed by atoms with Crippen LogP contribution in [0.15, 0.2) is 46.2 Å². The highest BCUT2D eigenvalue weighted by atomic mass is 32.2. The minimum Gasteiger partial charge on any atom is -0.394 e. The van der Waals surface area contributed by atoms with Crippen LogP contribution in [0.1, 0.15) is 6.92 Å². The zero-order chi connectivity index (χ0) is 13.1. The maximum Gasteiger partial charge on any atom is 0.273 e. The second-order valence-electron chi connectivity index (χ2n) is 4.06. The summed E-state index contributed by atoms with van der Waals surface area (Å²) in [6, 6.07) is 9.99. The van der Waals surface area contributed by atoms with E-state index in [2.05, 4.69) is 19.1 Å². The van der Waals surface area contributed by atoms with E-state index in [0.717, 1.165) is 16.9 Å². The van der Waals surface area contributed by atoms with Crippen molar-refractivity contribution in [3.05, 3.63) is 46.9 Å². The molecule has 3 nitrogen and oxygen atoms in total. The molecule has 0 unspecified atom stereocenters. The molecule has 94 valence electrons. The predicted octanol–water partition coefficient (Wildman–Crippen LogP) is 2.75. The summed E-state index contributed by atoms with van der Waals surface area (Å²) in [4.78, 5) is 12.8. The minimum absolute atomic E-state index is 0.155. The van der Waals surface area contributed by atoms with Crippen LogP contribution in [0, 0.1) is 0 Å². The van der Waals surface area contributed by atoms with Crippen LogP contribution in [0.4, 0.5) is 5.69 Å². The Morgan fingerprint density at radius 2 is 2.06 bits per heavy atom. The Labute approximate surface area is 111 Å². The van der Waals surface area contributed by atoms with Gasteiger partial charge in [-0.2, -0.15) is 0 Å². The number of thioether (sulfide) groups is 1. The van der Waals surface area contributed by atoms with Gasteiger partial charge in [-0.15, -0.1) is 11.8 Å². The van der Waals surface area contributed by atoms with Crippen molar-refractivity contribution in [2.75, 3.05) is 11.5 Å². The fourth-order valence-corrected chi connectivity index (χ4v) is 2.55. The number of pyridine rings is 1. The minimum atomic E-state index is -0.155. The monoisotopic (exact) mass is 260 g/mol. The third-order valence-electron chi connectivity index (χ3n) is 2.69. The van der Waals surface area contributed by atoms with Crippen molar-refractivity contribution in [2.45, 2.75) is 11.8 Å². The first kappa shape index (κ1) is 12.8. The van der Waals surface area contributed by atoms with E-state index < -0.39 is 0 Å². The van der Waals surface area contributed by atoms with Gasteiger partial charge in [-0.05, 0) is 29.5 Å². The fourth-order valence-electron chi connectivity index (χ4n) is 1.83. The normalized spacial score (nSPS) is 10.6. The lowest BCUT2D eigenvalue weighted by atomic mass is 10.1. The Hall–Kier alpha value is -1.68. The molecule has 2 N–H and O–H groups in total. The second-order valence-corrected chi connectivity index (χ2v) is 5.40. The molecule has 0 amide bonds. The van der Waals surface area contributed by atoms with Crippen molar-refractivity contribution in [3.63, 3.8) is 0 Å². The van der Waals surface area contributed by atoms with Crippen molar-refractivity contribution >= 4 is 17.4 Å². The van der Waals surface area contributed by atoms with Crippen molar-refractivity contribution in [1.82, 2.24) is 4.57 Å². The van der Waals surface area contributed by atoms with E-state index >= 15 is 0 Å². The lowest BCUT2D eigenvalue weighted by Crippen LogP contribution is -2.19. The highest BCUT2D eigenvalue weighted by Crippen LogP contribution is 2.25. The van der Waals surface area contributed by atoms with Gasteiger partial charge in [0.25, 0.3) is 5.56 Å². The maximum atomic E-state index is 11.6. The molecule has 0 aliphatic heterocycles. The van der Waals surface area contributed by atoms with Crippen LogP contribution in [-0.4, -0.2) is 10.3 Å². The van der Waals surface area contributed by atoms with Gasteiger partial charge in [-0.25, -0.2) is 0 Å². The Kier molecular flexibility index (Phi) is 3.77. The van der Waals surface area contributed by atoms with E-state index in [-0.39, 0.29) is 11.2 Å². The average molecular weight is 260 g/mol. The molecule has 1 aromatic carbocycles. The molecule has 0 fully saturated rings. The average Bonchev–Trinajstić information content (AvgIpc) is 2.36. The topological polar surface area (TPSA) is 48.0 Å². The van der Waals surface area contributed by atoms with Crippen LogP contribution < -0.4 is 11.3 Å². The largest absolute Gasteiger partial charge is 0.394 e. The SMILES string of the molecule is CCSc1cccc(-c2cc(N)c(=O)n(C)c2)c1. The van der Waals surface area contributed by atoms with Gasteiger partial charge >= 0.3 is 0 Å². The standard InChI is InChI=1S/C14H16N2OS/c1-3-18-12-6-4-5-10(7-12)11-8-13(15)14(17)16(2)9-11/h4-9H,3,15H2,1-2H3. The molecule has 0 radical (unpaired) electrons. The fraction of sp³-hybridized carbons (Fsp3) is 0.214. The van der Waals surface area contributed by atoms with Crippen molar-refractivity contribution < 1.29 is 0 Å². The molecule has 2 aromatic rings. The number of hydrogen-bond donors (Lipinski definition) is 1. The summed E-state index contributed by atoms with van der Waals surface area (Å²) in [6.45, 7) is 2.13. The summed E-state index contributed by atoms with van der Waals surface area (Å²) < 4.78 is 1.52. The van der Waals surface area contributed by atoms with Crippen LogP contribution >= 0.6 is 11.8 Å². The van der Waals surface area contributed by atoms with Gasteiger partial charge in [0.05, 0.1) is 5.69 Å². The highest BCUT2D eigenvalue weighted by Gasteiger charge is 2.04. The van der Waals surface area contributed by atoms with Crippen LogP contribution in [0.3, 0.4) is 0 Å². The van der Waals surface area contributed by atoms with Crippen molar-refractivity contribution in [3.8, 4) is 11.1 Å². The predicted molar refractivity (Wildman–Crippen MR) is 77.9 cm³/mol. The summed E-state index contributed by atoms with van der Waals surface area (Å²) in [5.41, 5.74) is 7.89. The van der Waals surface area contributed by atoms with E-state index in [1.54, 1.807) is 24.9 Å². The summed E-state index contributed by atoms with van der Waals surface area (Å²) >= 11 is 1.80. The van der Waals surface area contributed by atoms with E-state index in [0.29, 0.717) is 0 Å². The van der Waals surface area contributed by atoms with Gasteiger partial charge in [0, 0.05) is 23.7 Å². The Morgan fingerprint density at radius 1 is 1.28 bits per heavy atom. The molecule has 18 heavy (non-hydrogen) atoms. The van der Waals surface area contributed by atoms with Gasteiger partial charge < -0.3 is 10.3 Å². The number of rotatable bonds is 3. The second kappa shape index (κ2) is 5.31. The van der Waals surface area contributed by atoms with Crippen LogP contribution in [-0.2, 0) is 7.05 Å².